The van der Waals surface area contributed by atoms with Crippen LogP contribution in [0.4, 0.5) is 14.6 Å². The average molecular weight is 375 g/mol. The first-order valence-corrected chi connectivity index (χ1v) is 8.87. The molecule has 2 atom stereocenters. The lowest BCUT2D eigenvalue weighted by Crippen LogP contribution is -2.35. The highest BCUT2D eigenvalue weighted by Gasteiger charge is 2.28. The number of hydrogen-bond donors (Lipinski definition) is 2. The number of nitrogens with two attached hydrogens (primary N) is 1. The van der Waals surface area contributed by atoms with Gasteiger partial charge in [0.1, 0.15) is 17.5 Å². The molecule has 3 N–H and O–H groups in total. The van der Waals surface area contributed by atoms with E-state index in [0.29, 0.717) is 23.6 Å². The van der Waals surface area contributed by atoms with E-state index in [1.54, 1.807) is 0 Å². The second-order valence-electron chi connectivity index (χ2n) is 6.93. The Morgan fingerprint density at radius 2 is 2.07 bits per heavy atom. The third-order valence-electron chi connectivity index (χ3n) is 4.98. The number of nitrogens with one attached hydrogen (secondary N) is 1. The van der Waals surface area contributed by atoms with E-state index in [1.807, 2.05) is 20.8 Å². The predicted octanol–water partition coefficient (Wildman–Crippen LogP) is 2.40. The van der Waals surface area contributed by atoms with Crippen molar-refractivity contribution in [3.63, 3.8) is 0 Å². The maximum Gasteiger partial charge on any atom is 0.286 e. The molecule has 8 heteroatoms. The van der Waals surface area contributed by atoms with Crippen molar-refractivity contribution < 1.29 is 13.6 Å². The topological polar surface area (TPSA) is 84.1 Å². The second kappa shape index (κ2) is 7.56. The number of rotatable bonds is 5. The first-order chi connectivity index (χ1) is 12.8. The smallest absolute Gasteiger partial charge is 0.286 e. The highest BCUT2D eigenvalue weighted by atomic mass is 19.1. The van der Waals surface area contributed by atoms with Gasteiger partial charge < -0.3 is 16.0 Å². The lowest BCUT2D eigenvalue weighted by atomic mass is 10.1. The second-order valence-corrected chi connectivity index (χ2v) is 6.93. The molecule has 27 heavy (non-hydrogen) atoms. The SMILES string of the molecule is Cc1nc(C(N)=O)nc(N2CC[C@@H](NC(C)c3cc(F)ccc3F)C2)c1C. The van der Waals surface area contributed by atoms with Gasteiger partial charge in [-0.15, -0.1) is 0 Å². The standard InChI is InChI=1S/C19H23F2N5O/c1-10-11(2)24-18(17(22)27)25-19(10)26-7-6-14(9-26)23-12(3)15-8-13(20)4-5-16(15)21/h4-5,8,12,14,23H,6-7,9H2,1-3H3,(H2,22,27)/t12?,14-/m1/s1. The molecule has 1 aliphatic rings. The Bertz CT molecular complexity index is 873. The number of nitrogens with zero attached hydrogens (tertiary/aromatic N) is 3. The first-order valence-electron chi connectivity index (χ1n) is 8.87. The van der Waals surface area contributed by atoms with Crippen molar-refractivity contribution in [2.75, 3.05) is 18.0 Å². The average Bonchev–Trinajstić information content (AvgIpc) is 3.07. The van der Waals surface area contributed by atoms with Crippen LogP contribution in [-0.2, 0) is 0 Å². The van der Waals surface area contributed by atoms with Crippen molar-refractivity contribution >= 4 is 11.7 Å². The predicted molar refractivity (Wildman–Crippen MR) is 98.6 cm³/mol. The number of halogens is 2. The number of aryl methyl sites for hydroxylation is 1. The van der Waals surface area contributed by atoms with Crippen LogP contribution >= 0.6 is 0 Å². The molecule has 0 bridgehead atoms. The molecule has 1 fully saturated rings. The minimum absolute atomic E-state index is 0.000269. The molecular weight excluding hydrogens is 352 g/mol. The Labute approximate surface area is 156 Å². The summed E-state index contributed by atoms with van der Waals surface area (Å²) in [4.78, 5) is 22.0. The van der Waals surface area contributed by atoms with E-state index >= 15 is 0 Å². The monoisotopic (exact) mass is 375 g/mol. The van der Waals surface area contributed by atoms with E-state index in [2.05, 4.69) is 20.2 Å². The highest BCUT2D eigenvalue weighted by molar-refractivity contribution is 5.89. The van der Waals surface area contributed by atoms with Crippen LogP contribution < -0.4 is 16.0 Å². The summed E-state index contributed by atoms with van der Waals surface area (Å²) in [6.07, 6.45) is 0.815. The van der Waals surface area contributed by atoms with Crippen molar-refractivity contribution in [2.24, 2.45) is 5.73 Å². The third kappa shape index (κ3) is 4.05. The molecule has 1 aromatic heterocycles. The summed E-state index contributed by atoms with van der Waals surface area (Å²) in [7, 11) is 0. The number of benzene rings is 1. The third-order valence-corrected chi connectivity index (χ3v) is 4.98. The highest BCUT2D eigenvalue weighted by Crippen LogP contribution is 2.26. The fourth-order valence-electron chi connectivity index (χ4n) is 3.41. The molecule has 1 saturated heterocycles. The molecule has 6 nitrogen and oxygen atoms in total. The van der Waals surface area contributed by atoms with Crippen molar-refractivity contribution in [3.05, 3.63) is 52.5 Å². The zero-order chi connectivity index (χ0) is 19.7. The fourth-order valence-corrected chi connectivity index (χ4v) is 3.41. The van der Waals surface area contributed by atoms with Gasteiger partial charge in [0.25, 0.3) is 5.91 Å². The number of aromatic nitrogens is 2. The Morgan fingerprint density at radius 3 is 2.78 bits per heavy atom. The van der Waals surface area contributed by atoms with Gasteiger partial charge in [0, 0.05) is 42.0 Å². The largest absolute Gasteiger partial charge is 0.363 e. The van der Waals surface area contributed by atoms with Crippen LogP contribution in [0.1, 0.15) is 46.8 Å². The van der Waals surface area contributed by atoms with Crippen LogP contribution in [0.25, 0.3) is 0 Å². The number of carbonyl (C=O) groups is 1. The van der Waals surface area contributed by atoms with E-state index in [-0.39, 0.29) is 17.9 Å². The van der Waals surface area contributed by atoms with Crippen LogP contribution in [0.5, 0.6) is 0 Å². The summed E-state index contributed by atoms with van der Waals surface area (Å²) < 4.78 is 27.4. The lowest BCUT2D eigenvalue weighted by Gasteiger charge is -2.23. The molecule has 1 aliphatic heterocycles. The van der Waals surface area contributed by atoms with Crippen LogP contribution in [0.3, 0.4) is 0 Å². The van der Waals surface area contributed by atoms with Crippen molar-refractivity contribution in [1.82, 2.24) is 15.3 Å². The van der Waals surface area contributed by atoms with Gasteiger partial charge in [-0.1, -0.05) is 0 Å². The molecule has 1 amide bonds. The van der Waals surface area contributed by atoms with E-state index in [0.717, 1.165) is 30.7 Å². The molecule has 2 heterocycles. The van der Waals surface area contributed by atoms with Gasteiger partial charge in [0.15, 0.2) is 0 Å². The number of primary amides is 1. The van der Waals surface area contributed by atoms with Gasteiger partial charge in [-0.2, -0.15) is 0 Å². The molecule has 0 spiro atoms. The number of hydrogen-bond acceptors (Lipinski definition) is 5. The van der Waals surface area contributed by atoms with Gasteiger partial charge in [0.05, 0.1) is 0 Å². The van der Waals surface area contributed by atoms with Crippen LogP contribution in [0.15, 0.2) is 18.2 Å². The molecule has 144 valence electrons. The lowest BCUT2D eigenvalue weighted by molar-refractivity contribution is 0.0990. The molecular formula is C19H23F2N5O. The van der Waals surface area contributed by atoms with Crippen LogP contribution in [0, 0.1) is 25.5 Å². The van der Waals surface area contributed by atoms with Gasteiger partial charge in [-0.3, -0.25) is 4.79 Å². The van der Waals surface area contributed by atoms with Crippen molar-refractivity contribution in [1.29, 1.82) is 0 Å². The normalized spacial score (nSPS) is 18.0. The Morgan fingerprint density at radius 1 is 1.33 bits per heavy atom. The van der Waals surface area contributed by atoms with Crippen molar-refractivity contribution in [2.45, 2.75) is 39.3 Å². The summed E-state index contributed by atoms with van der Waals surface area (Å²) in [5.74, 6) is -0.868. The number of anilines is 1. The molecule has 1 unspecified atom stereocenters. The Hall–Kier alpha value is -2.61. The quantitative estimate of drug-likeness (QED) is 0.838. The van der Waals surface area contributed by atoms with Crippen LogP contribution in [0.2, 0.25) is 0 Å². The van der Waals surface area contributed by atoms with Crippen molar-refractivity contribution in [3.8, 4) is 0 Å². The summed E-state index contributed by atoms with van der Waals surface area (Å²) in [6.45, 7) is 6.89. The fraction of sp³-hybridized carbons (Fsp3) is 0.421. The maximum atomic E-state index is 14.0. The molecule has 0 saturated carbocycles. The molecule has 0 aliphatic carbocycles. The summed E-state index contributed by atoms with van der Waals surface area (Å²) >= 11 is 0. The van der Waals surface area contributed by atoms with Crippen LogP contribution in [-0.4, -0.2) is 35.0 Å². The van der Waals surface area contributed by atoms with Gasteiger partial charge in [-0.05, 0) is 45.4 Å². The van der Waals surface area contributed by atoms with Gasteiger partial charge in [0.2, 0.25) is 5.82 Å². The zero-order valence-electron chi connectivity index (χ0n) is 15.6. The number of carbonyl (C=O) groups excluding carboxylic acids is 1. The Balaban J connectivity index is 1.74. The van der Waals surface area contributed by atoms with E-state index in [1.165, 1.54) is 6.07 Å². The number of amides is 1. The minimum atomic E-state index is -0.663. The summed E-state index contributed by atoms with van der Waals surface area (Å²) in [5, 5.41) is 3.35. The molecule has 0 radical (unpaired) electrons. The summed E-state index contributed by atoms with van der Waals surface area (Å²) in [5.41, 5.74) is 7.23. The summed E-state index contributed by atoms with van der Waals surface area (Å²) in [6, 6.07) is 3.22. The molecule has 3 rings (SSSR count). The molecule has 1 aromatic carbocycles. The zero-order valence-corrected chi connectivity index (χ0v) is 15.6. The van der Waals surface area contributed by atoms with Gasteiger partial charge >= 0.3 is 0 Å². The van der Waals surface area contributed by atoms with E-state index in [9.17, 15) is 13.6 Å². The minimum Gasteiger partial charge on any atom is -0.363 e. The Kier molecular flexibility index (Phi) is 5.36. The van der Waals surface area contributed by atoms with Gasteiger partial charge in [-0.25, -0.2) is 18.7 Å². The maximum absolute atomic E-state index is 14.0. The first kappa shape index (κ1) is 19.2. The van der Waals surface area contributed by atoms with E-state index < -0.39 is 17.5 Å². The van der Waals surface area contributed by atoms with E-state index in [4.69, 9.17) is 5.73 Å². The molecule has 2 aromatic rings.